The van der Waals surface area contributed by atoms with E-state index in [0.717, 1.165) is 23.1 Å². The summed E-state index contributed by atoms with van der Waals surface area (Å²) in [5, 5.41) is 2.31. The standard InChI is InChI=1S/C18H15F3N2O4S/c19-18(20,21)12-4-3-5-13(10-12)22-16(24)11-23-14-6-1-2-7-15(14)28(26,27)9-8-17(23)25/h1-7,10H,8-9,11H2,(H,22,24). The van der Waals surface area contributed by atoms with E-state index in [-0.39, 0.29) is 28.4 Å². The molecular formula is C18H15F3N2O4S. The number of hydrogen-bond acceptors (Lipinski definition) is 4. The Balaban J connectivity index is 1.85. The zero-order valence-corrected chi connectivity index (χ0v) is 15.2. The zero-order valence-electron chi connectivity index (χ0n) is 14.4. The van der Waals surface area contributed by atoms with Crippen molar-refractivity contribution < 1.29 is 31.2 Å². The minimum absolute atomic E-state index is 0.0623. The Hall–Kier alpha value is -2.88. The molecule has 6 nitrogen and oxygen atoms in total. The summed E-state index contributed by atoms with van der Waals surface area (Å²) in [6, 6.07) is 9.88. The van der Waals surface area contributed by atoms with Gasteiger partial charge in [0.2, 0.25) is 11.8 Å². The largest absolute Gasteiger partial charge is 0.416 e. The van der Waals surface area contributed by atoms with Gasteiger partial charge in [-0.15, -0.1) is 0 Å². The van der Waals surface area contributed by atoms with E-state index in [9.17, 15) is 31.2 Å². The number of nitrogens with one attached hydrogen (secondary N) is 1. The van der Waals surface area contributed by atoms with Crippen LogP contribution in [0.3, 0.4) is 0 Å². The van der Waals surface area contributed by atoms with Crippen molar-refractivity contribution in [2.24, 2.45) is 0 Å². The van der Waals surface area contributed by atoms with Crippen molar-refractivity contribution in [3.05, 3.63) is 54.1 Å². The second-order valence-electron chi connectivity index (χ2n) is 6.14. The van der Waals surface area contributed by atoms with E-state index in [2.05, 4.69) is 5.32 Å². The number of nitrogens with zero attached hydrogens (tertiary/aromatic N) is 1. The molecule has 0 bridgehead atoms. The number of hydrogen-bond donors (Lipinski definition) is 1. The summed E-state index contributed by atoms with van der Waals surface area (Å²) in [5.74, 6) is -1.69. The second-order valence-corrected chi connectivity index (χ2v) is 8.22. The minimum Gasteiger partial charge on any atom is -0.325 e. The highest BCUT2D eigenvalue weighted by atomic mass is 32.2. The van der Waals surface area contributed by atoms with Crippen molar-refractivity contribution in [3.63, 3.8) is 0 Å². The Morgan fingerprint density at radius 3 is 2.54 bits per heavy atom. The van der Waals surface area contributed by atoms with Crippen molar-refractivity contribution >= 4 is 33.0 Å². The summed E-state index contributed by atoms with van der Waals surface area (Å²) in [4.78, 5) is 25.7. The topological polar surface area (TPSA) is 83.6 Å². The summed E-state index contributed by atoms with van der Waals surface area (Å²) in [5.41, 5.74) is -0.931. The lowest BCUT2D eigenvalue weighted by Gasteiger charge is -2.22. The van der Waals surface area contributed by atoms with Crippen LogP contribution in [0.2, 0.25) is 0 Å². The van der Waals surface area contributed by atoms with Gasteiger partial charge in [0, 0.05) is 12.1 Å². The SMILES string of the molecule is O=C(CN1C(=O)CCS(=O)(=O)c2ccccc21)Nc1cccc(C(F)(F)F)c1. The van der Waals surface area contributed by atoms with Crippen LogP contribution in [0.5, 0.6) is 0 Å². The molecule has 10 heteroatoms. The molecule has 1 aliphatic heterocycles. The maximum atomic E-state index is 12.8. The van der Waals surface area contributed by atoms with E-state index in [1.807, 2.05) is 0 Å². The van der Waals surface area contributed by atoms with Crippen LogP contribution in [0.4, 0.5) is 24.5 Å². The van der Waals surface area contributed by atoms with E-state index in [4.69, 9.17) is 0 Å². The molecule has 0 atom stereocenters. The van der Waals surface area contributed by atoms with Crippen LogP contribution in [-0.4, -0.2) is 32.5 Å². The van der Waals surface area contributed by atoms with Gasteiger partial charge in [0.15, 0.2) is 9.84 Å². The minimum atomic E-state index is -4.56. The first-order chi connectivity index (χ1) is 13.1. The molecule has 0 saturated heterocycles. The number of para-hydroxylation sites is 1. The maximum absolute atomic E-state index is 12.8. The molecule has 0 aliphatic carbocycles. The van der Waals surface area contributed by atoms with Gasteiger partial charge in [-0.05, 0) is 30.3 Å². The highest BCUT2D eigenvalue weighted by molar-refractivity contribution is 7.91. The fraction of sp³-hybridized carbons (Fsp3) is 0.222. The van der Waals surface area contributed by atoms with Gasteiger partial charge in [-0.25, -0.2) is 8.42 Å². The highest BCUT2D eigenvalue weighted by Gasteiger charge is 2.32. The molecule has 2 aromatic carbocycles. The highest BCUT2D eigenvalue weighted by Crippen LogP contribution is 2.31. The number of benzene rings is 2. The van der Waals surface area contributed by atoms with Crippen molar-refractivity contribution in [2.45, 2.75) is 17.5 Å². The molecule has 0 aromatic heterocycles. The number of amides is 2. The summed E-state index contributed by atoms with van der Waals surface area (Å²) in [6.45, 7) is -0.526. The molecule has 2 aromatic rings. The molecular weight excluding hydrogens is 397 g/mol. The van der Waals surface area contributed by atoms with E-state index >= 15 is 0 Å². The van der Waals surface area contributed by atoms with Crippen molar-refractivity contribution in [1.29, 1.82) is 0 Å². The Labute approximate surface area is 158 Å². The number of rotatable bonds is 3. The quantitative estimate of drug-likeness (QED) is 0.840. The van der Waals surface area contributed by atoms with Crippen LogP contribution in [0.25, 0.3) is 0 Å². The fourth-order valence-corrected chi connectivity index (χ4v) is 4.28. The average Bonchev–Trinajstić information content (AvgIpc) is 2.72. The normalized spacial score (nSPS) is 16.2. The summed E-state index contributed by atoms with van der Waals surface area (Å²) < 4.78 is 63.0. The van der Waals surface area contributed by atoms with Gasteiger partial charge in [0.25, 0.3) is 0 Å². The Morgan fingerprint density at radius 2 is 1.82 bits per heavy atom. The molecule has 0 saturated carbocycles. The zero-order chi connectivity index (χ0) is 20.5. The van der Waals surface area contributed by atoms with Gasteiger partial charge in [-0.2, -0.15) is 13.2 Å². The maximum Gasteiger partial charge on any atom is 0.416 e. The first-order valence-corrected chi connectivity index (χ1v) is 9.82. The lowest BCUT2D eigenvalue weighted by molar-refractivity contribution is -0.137. The van der Waals surface area contributed by atoms with Crippen LogP contribution >= 0.6 is 0 Å². The van der Waals surface area contributed by atoms with E-state index in [1.54, 1.807) is 0 Å². The first-order valence-electron chi connectivity index (χ1n) is 8.17. The Morgan fingerprint density at radius 1 is 1.11 bits per heavy atom. The molecule has 1 N–H and O–H groups in total. The van der Waals surface area contributed by atoms with Gasteiger partial charge < -0.3 is 10.2 Å². The average molecular weight is 412 g/mol. The molecule has 2 amide bonds. The second kappa shape index (κ2) is 7.27. The predicted octanol–water partition coefficient (Wildman–Crippen LogP) is 2.85. The molecule has 1 heterocycles. The third-order valence-electron chi connectivity index (χ3n) is 4.15. The lowest BCUT2D eigenvalue weighted by Crippen LogP contribution is -2.38. The number of halogens is 3. The fourth-order valence-electron chi connectivity index (χ4n) is 2.83. The number of carbonyl (C=O) groups is 2. The molecule has 0 unspecified atom stereocenters. The van der Waals surface area contributed by atoms with Crippen LogP contribution in [0, 0.1) is 0 Å². The molecule has 0 spiro atoms. The number of fused-ring (bicyclic) bond motifs is 1. The van der Waals surface area contributed by atoms with Gasteiger partial charge in [0.05, 0.1) is 21.9 Å². The van der Waals surface area contributed by atoms with E-state index in [0.29, 0.717) is 0 Å². The molecule has 28 heavy (non-hydrogen) atoms. The van der Waals surface area contributed by atoms with Crippen LogP contribution in [0.15, 0.2) is 53.4 Å². The van der Waals surface area contributed by atoms with E-state index in [1.165, 1.54) is 30.3 Å². The third-order valence-corrected chi connectivity index (χ3v) is 5.91. The molecule has 0 radical (unpaired) electrons. The van der Waals surface area contributed by atoms with Gasteiger partial charge in [0.1, 0.15) is 6.54 Å². The predicted molar refractivity (Wildman–Crippen MR) is 95.5 cm³/mol. The Kier molecular flexibility index (Phi) is 5.16. The smallest absolute Gasteiger partial charge is 0.325 e. The molecule has 3 rings (SSSR count). The molecule has 0 fully saturated rings. The lowest BCUT2D eigenvalue weighted by atomic mass is 10.2. The number of alkyl halides is 3. The van der Waals surface area contributed by atoms with Crippen LogP contribution in [-0.2, 0) is 25.6 Å². The summed E-state index contributed by atoms with van der Waals surface area (Å²) >= 11 is 0. The first kappa shape index (κ1) is 19.9. The number of sulfone groups is 1. The third kappa shape index (κ3) is 4.16. The van der Waals surface area contributed by atoms with Crippen molar-refractivity contribution in [1.82, 2.24) is 0 Å². The van der Waals surface area contributed by atoms with Gasteiger partial charge >= 0.3 is 6.18 Å². The number of carbonyl (C=O) groups excluding carboxylic acids is 2. The summed E-state index contributed by atoms with van der Waals surface area (Å²) in [6.07, 6.45) is -4.86. The monoisotopic (exact) mass is 412 g/mol. The van der Waals surface area contributed by atoms with Gasteiger partial charge in [-0.1, -0.05) is 18.2 Å². The molecule has 148 valence electrons. The van der Waals surface area contributed by atoms with Gasteiger partial charge in [-0.3, -0.25) is 9.59 Å². The molecule has 1 aliphatic rings. The Bertz CT molecular complexity index is 1040. The van der Waals surface area contributed by atoms with Crippen LogP contribution in [0.1, 0.15) is 12.0 Å². The van der Waals surface area contributed by atoms with Crippen molar-refractivity contribution in [2.75, 3.05) is 22.5 Å². The van der Waals surface area contributed by atoms with E-state index < -0.39 is 39.9 Å². The number of anilines is 2. The van der Waals surface area contributed by atoms with Crippen LogP contribution < -0.4 is 10.2 Å². The summed E-state index contributed by atoms with van der Waals surface area (Å²) in [7, 11) is -3.68. The van der Waals surface area contributed by atoms with Crippen molar-refractivity contribution in [3.8, 4) is 0 Å².